The number of alkyl carbamates (subject to hydrolysis) is 1. The van der Waals surface area contributed by atoms with E-state index < -0.39 is 18.2 Å². The molecule has 0 aliphatic heterocycles. The number of nitrogens with one attached hydrogen (secondary N) is 1. The monoisotopic (exact) mass is 435 g/mol. The zero-order valence-corrected chi connectivity index (χ0v) is 17.0. The van der Waals surface area contributed by atoms with E-state index in [1.807, 2.05) is 31.1 Å². The van der Waals surface area contributed by atoms with Crippen LogP contribution in [0, 0.1) is 6.92 Å². The highest BCUT2D eigenvalue weighted by molar-refractivity contribution is 5.67. The van der Waals surface area contributed by atoms with Gasteiger partial charge in [0.05, 0.1) is 0 Å². The number of hydrogen-bond acceptors (Lipinski definition) is 7. The third-order valence-electron chi connectivity index (χ3n) is 4.33. The maximum atomic E-state index is 12.6. The van der Waals surface area contributed by atoms with Gasteiger partial charge in [-0.25, -0.2) is 9.78 Å². The summed E-state index contributed by atoms with van der Waals surface area (Å²) >= 11 is 0. The fourth-order valence-corrected chi connectivity index (χ4v) is 2.62. The van der Waals surface area contributed by atoms with Crippen molar-refractivity contribution >= 4 is 11.9 Å². The summed E-state index contributed by atoms with van der Waals surface area (Å²) < 4.78 is 47.2. The molecule has 0 fully saturated rings. The lowest BCUT2D eigenvalue weighted by Gasteiger charge is -2.12. The van der Waals surface area contributed by atoms with Gasteiger partial charge in [0, 0.05) is 38.0 Å². The number of hydrogen-bond donors (Lipinski definition) is 1. The number of benzene rings is 1. The second-order valence-electron chi connectivity index (χ2n) is 6.91. The summed E-state index contributed by atoms with van der Waals surface area (Å²) in [7, 11) is 3.75. The van der Waals surface area contributed by atoms with Gasteiger partial charge in [0.1, 0.15) is 12.4 Å². The van der Waals surface area contributed by atoms with Gasteiger partial charge in [0.25, 0.3) is 0 Å². The molecule has 8 nitrogen and oxygen atoms in total. The summed E-state index contributed by atoms with van der Waals surface area (Å²) in [5, 5.41) is 6.00. The molecule has 0 saturated carbocycles. The highest BCUT2D eigenvalue weighted by Crippen LogP contribution is 2.29. The van der Waals surface area contributed by atoms with E-state index in [1.54, 1.807) is 31.3 Å². The molecule has 1 amide bonds. The normalized spacial score (nSPS) is 11.3. The van der Waals surface area contributed by atoms with Crippen molar-refractivity contribution < 1.29 is 27.2 Å². The summed E-state index contributed by atoms with van der Waals surface area (Å²) in [6.07, 6.45) is -3.67. The molecule has 11 heteroatoms. The van der Waals surface area contributed by atoms with Gasteiger partial charge < -0.3 is 19.5 Å². The van der Waals surface area contributed by atoms with Crippen LogP contribution in [0.4, 0.5) is 23.8 Å². The lowest BCUT2D eigenvalue weighted by atomic mass is 10.0. The lowest BCUT2D eigenvalue weighted by molar-refractivity contribution is -0.159. The fourth-order valence-electron chi connectivity index (χ4n) is 2.62. The lowest BCUT2D eigenvalue weighted by Crippen LogP contribution is -2.24. The molecule has 0 unspecified atom stereocenters. The number of anilines is 1. The smallest absolute Gasteiger partial charge is 0.445 e. The predicted molar refractivity (Wildman–Crippen MR) is 105 cm³/mol. The third kappa shape index (κ3) is 5.71. The van der Waals surface area contributed by atoms with Crippen molar-refractivity contribution in [3.05, 3.63) is 59.1 Å². The minimum atomic E-state index is -4.70. The summed E-state index contributed by atoms with van der Waals surface area (Å²) in [4.78, 5) is 21.4. The van der Waals surface area contributed by atoms with Crippen LogP contribution in [0.15, 0.2) is 41.1 Å². The molecule has 2 aromatic heterocycles. The minimum Gasteiger partial charge on any atom is -0.445 e. The maximum Gasteiger partial charge on any atom is 0.471 e. The first-order valence-corrected chi connectivity index (χ1v) is 9.17. The van der Waals surface area contributed by atoms with Gasteiger partial charge in [0.15, 0.2) is 0 Å². The van der Waals surface area contributed by atoms with Crippen molar-refractivity contribution in [2.75, 3.05) is 19.0 Å². The topological polar surface area (TPSA) is 93.4 Å². The highest BCUT2D eigenvalue weighted by Gasteiger charge is 2.38. The Labute approximate surface area is 176 Å². The van der Waals surface area contributed by atoms with Gasteiger partial charge in [-0.15, -0.1) is 0 Å². The minimum absolute atomic E-state index is 0.0732. The highest BCUT2D eigenvalue weighted by atomic mass is 19.4. The molecule has 0 aliphatic carbocycles. The maximum absolute atomic E-state index is 12.6. The van der Waals surface area contributed by atoms with Crippen LogP contribution in [-0.2, 0) is 24.1 Å². The average molecular weight is 435 g/mol. The van der Waals surface area contributed by atoms with Crippen LogP contribution < -0.4 is 10.2 Å². The number of amides is 1. The number of nitrogens with zero attached hydrogens (tertiary/aromatic N) is 4. The Morgan fingerprint density at radius 3 is 2.58 bits per heavy atom. The van der Waals surface area contributed by atoms with Crippen molar-refractivity contribution in [1.29, 1.82) is 0 Å². The van der Waals surface area contributed by atoms with E-state index in [9.17, 15) is 18.0 Å². The van der Waals surface area contributed by atoms with Gasteiger partial charge >= 0.3 is 18.2 Å². The van der Waals surface area contributed by atoms with E-state index >= 15 is 0 Å². The summed E-state index contributed by atoms with van der Waals surface area (Å²) in [6, 6.07) is 8.48. The van der Waals surface area contributed by atoms with Crippen molar-refractivity contribution in [1.82, 2.24) is 20.4 Å². The molecule has 31 heavy (non-hydrogen) atoms. The first kappa shape index (κ1) is 22.1. The van der Waals surface area contributed by atoms with Crippen molar-refractivity contribution in [3.8, 4) is 11.4 Å². The first-order chi connectivity index (χ1) is 14.6. The van der Waals surface area contributed by atoms with Crippen LogP contribution in [-0.4, -0.2) is 35.3 Å². The van der Waals surface area contributed by atoms with E-state index in [0.717, 1.165) is 22.5 Å². The molecule has 3 aromatic rings. The van der Waals surface area contributed by atoms with E-state index in [2.05, 4.69) is 25.0 Å². The quantitative estimate of drug-likeness (QED) is 0.627. The Morgan fingerprint density at radius 2 is 2.00 bits per heavy atom. The number of carbonyl (C=O) groups excluding carboxylic acids is 1. The molecule has 1 N–H and O–H groups in total. The van der Waals surface area contributed by atoms with Gasteiger partial charge in [-0.3, -0.25) is 0 Å². The molecule has 0 saturated heterocycles. The Morgan fingerprint density at radius 1 is 1.23 bits per heavy atom. The summed E-state index contributed by atoms with van der Waals surface area (Å²) in [5.41, 5.74) is 2.62. The van der Waals surface area contributed by atoms with Crippen LogP contribution in [0.2, 0.25) is 0 Å². The predicted octanol–water partition coefficient (Wildman–Crippen LogP) is 3.95. The number of rotatable bonds is 6. The van der Waals surface area contributed by atoms with Crippen LogP contribution in [0.3, 0.4) is 0 Å². The number of pyridine rings is 1. The zero-order chi connectivity index (χ0) is 22.6. The number of carbonyl (C=O) groups is 1. The largest absolute Gasteiger partial charge is 0.471 e. The molecule has 1 aromatic carbocycles. The Hall–Kier alpha value is -3.63. The van der Waals surface area contributed by atoms with Crippen molar-refractivity contribution in [3.63, 3.8) is 0 Å². The van der Waals surface area contributed by atoms with Crippen LogP contribution in [0.1, 0.15) is 22.6 Å². The molecule has 0 atom stereocenters. The molecule has 2 heterocycles. The molecule has 0 radical (unpaired) electrons. The summed E-state index contributed by atoms with van der Waals surface area (Å²) in [6.45, 7) is 2.02. The molecule has 0 bridgehead atoms. The van der Waals surface area contributed by atoms with Crippen molar-refractivity contribution in [2.24, 2.45) is 0 Å². The van der Waals surface area contributed by atoms with E-state index in [4.69, 9.17) is 4.74 Å². The van der Waals surface area contributed by atoms with Gasteiger partial charge in [-0.2, -0.15) is 18.2 Å². The van der Waals surface area contributed by atoms with E-state index in [0.29, 0.717) is 5.56 Å². The van der Waals surface area contributed by atoms with E-state index in [1.165, 1.54) is 0 Å². The fraction of sp³-hybridized carbons (Fsp3) is 0.300. The molecular formula is C20H20F3N5O3. The molecule has 0 aliphatic rings. The van der Waals surface area contributed by atoms with Gasteiger partial charge in [-0.1, -0.05) is 23.4 Å². The van der Waals surface area contributed by atoms with Gasteiger partial charge in [0.2, 0.25) is 5.82 Å². The molecule has 3 rings (SSSR count). The van der Waals surface area contributed by atoms with Crippen molar-refractivity contribution in [2.45, 2.75) is 26.3 Å². The Bertz CT molecular complexity index is 1050. The first-order valence-electron chi connectivity index (χ1n) is 9.17. The second-order valence-corrected chi connectivity index (χ2v) is 6.91. The molecule has 164 valence electrons. The SMILES string of the molecule is Cc1cc(-c2noc(C(F)(F)F)n2)ccc1CNC(=O)OCc1ccc(N(C)C)nc1. The standard InChI is InChI=1S/C20H20F3N5O3/c1-12-8-14(17-26-18(31-27-17)20(21,22)23)5-6-15(12)10-25-19(29)30-11-13-4-7-16(24-9-13)28(2)3/h4-9H,10-11H2,1-3H3,(H,25,29). The summed E-state index contributed by atoms with van der Waals surface area (Å²) in [5.74, 6) is -0.772. The van der Waals surface area contributed by atoms with Gasteiger partial charge in [-0.05, 0) is 30.2 Å². The Balaban J connectivity index is 1.54. The number of ether oxygens (including phenoxy) is 1. The molecular weight excluding hydrogens is 415 g/mol. The number of alkyl halides is 3. The third-order valence-corrected chi connectivity index (χ3v) is 4.33. The molecule has 0 spiro atoms. The average Bonchev–Trinajstić information content (AvgIpc) is 3.22. The number of halogens is 3. The number of aryl methyl sites for hydroxylation is 1. The Kier molecular flexibility index (Phi) is 6.42. The van der Waals surface area contributed by atoms with Crippen LogP contribution >= 0.6 is 0 Å². The van der Waals surface area contributed by atoms with Crippen LogP contribution in [0.5, 0.6) is 0 Å². The zero-order valence-electron chi connectivity index (χ0n) is 17.0. The number of aromatic nitrogens is 3. The van der Waals surface area contributed by atoms with E-state index in [-0.39, 0.29) is 19.0 Å². The second kappa shape index (κ2) is 9.02. The van der Waals surface area contributed by atoms with Crippen LogP contribution in [0.25, 0.3) is 11.4 Å².